The van der Waals surface area contributed by atoms with Crippen LogP contribution in [0.3, 0.4) is 0 Å². The Morgan fingerprint density at radius 2 is 2.09 bits per heavy atom. The van der Waals surface area contributed by atoms with Gasteiger partial charge < -0.3 is 9.47 Å². The predicted molar refractivity (Wildman–Crippen MR) is 31.2 cm³/mol. The van der Waals surface area contributed by atoms with E-state index in [-0.39, 0.29) is 12.7 Å². The average Bonchev–Trinajstić information content (AvgIpc) is 1.73. The number of hydrogen-bond acceptors (Lipinski definition) is 2. The van der Waals surface area contributed by atoms with Crippen LogP contribution in [0.5, 0.6) is 0 Å². The molecule has 66 valence electrons. The molecule has 0 aromatic carbocycles. The molecule has 0 aromatic rings. The minimum atomic E-state index is -4.22. The van der Waals surface area contributed by atoms with Crippen molar-refractivity contribution in [3.8, 4) is 0 Å². The third-order valence-corrected chi connectivity index (χ3v) is 1.36. The Hall–Kier alpha value is -0.290. The topological polar surface area (TPSA) is 18.5 Å². The Morgan fingerprint density at radius 1 is 1.45 bits per heavy atom. The van der Waals surface area contributed by atoms with Crippen molar-refractivity contribution < 1.29 is 22.6 Å². The average molecular weight is 170 g/mol. The largest absolute Gasteiger partial charge is 0.411 e. The van der Waals surface area contributed by atoms with Crippen molar-refractivity contribution in [1.82, 2.24) is 0 Å². The van der Waals surface area contributed by atoms with E-state index in [1.807, 2.05) is 0 Å². The minimum Gasteiger partial charge on any atom is -0.376 e. The fourth-order valence-electron chi connectivity index (χ4n) is 0.722. The monoisotopic (exact) mass is 170 g/mol. The van der Waals surface area contributed by atoms with Crippen molar-refractivity contribution in [1.29, 1.82) is 0 Å². The van der Waals surface area contributed by atoms with Gasteiger partial charge in [-0.1, -0.05) is 0 Å². The quantitative estimate of drug-likeness (QED) is 0.636. The number of rotatable bonds is 3. The summed E-state index contributed by atoms with van der Waals surface area (Å²) in [7, 11) is 0. The third-order valence-electron chi connectivity index (χ3n) is 1.36. The highest BCUT2D eigenvalue weighted by molar-refractivity contribution is 4.65. The Morgan fingerprint density at radius 3 is 2.45 bits per heavy atom. The fourth-order valence-corrected chi connectivity index (χ4v) is 0.722. The Balaban J connectivity index is 1.95. The van der Waals surface area contributed by atoms with Crippen LogP contribution in [0.2, 0.25) is 0 Å². The zero-order chi connectivity index (χ0) is 8.32. The zero-order valence-electron chi connectivity index (χ0n) is 5.86. The molecule has 2 nitrogen and oxygen atoms in total. The van der Waals surface area contributed by atoms with E-state index in [1.54, 1.807) is 0 Å². The third kappa shape index (κ3) is 3.57. The van der Waals surface area contributed by atoms with E-state index in [4.69, 9.17) is 4.74 Å². The molecule has 0 aromatic heterocycles. The zero-order valence-corrected chi connectivity index (χ0v) is 5.86. The van der Waals surface area contributed by atoms with Crippen LogP contribution in [0.15, 0.2) is 0 Å². The SMILES string of the molecule is FC(F)(F)COCC1CCO1. The van der Waals surface area contributed by atoms with E-state index >= 15 is 0 Å². The van der Waals surface area contributed by atoms with Crippen LogP contribution in [-0.4, -0.2) is 32.1 Å². The molecule has 1 saturated heterocycles. The summed E-state index contributed by atoms with van der Waals surface area (Å²) >= 11 is 0. The highest BCUT2D eigenvalue weighted by Gasteiger charge is 2.28. The van der Waals surface area contributed by atoms with E-state index in [2.05, 4.69) is 4.74 Å². The minimum absolute atomic E-state index is 0.0551. The standard InChI is InChI=1S/C6H9F3O2/c7-6(8,9)4-10-3-5-1-2-11-5/h5H,1-4H2. The van der Waals surface area contributed by atoms with Gasteiger partial charge in [-0.2, -0.15) is 13.2 Å². The summed E-state index contributed by atoms with van der Waals surface area (Å²) in [6.45, 7) is -0.480. The molecule has 0 amide bonds. The van der Waals surface area contributed by atoms with Crippen LogP contribution in [0, 0.1) is 0 Å². The molecule has 1 rings (SSSR count). The second-order valence-electron chi connectivity index (χ2n) is 2.41. The summed E-state index contributed by atoms with van der Waals surface area (Å²) in [6.07, 6.45) is -3.53. The molecule has 1 aliphatic heterocycles. The van der Waals surface area contributed by atoms with E-state index in [9.17, 15) is 13.2 Å². The molecule has 0 N–H and O–H groups in total. The van der Waals surface area contributed by atoms with Gasteiger partial charge >= 0.3 is 6.18 Å². The maximum atomic E-state index is 11.5. The predicted octanol–water partition coefficient (Wildman–Crippen LogP) is 1.35. The first-order chi connectivity index (χ1) is 5.08. The van der Waals surface area contributed by atoms with E-state index in [0.717, 1.165) is 6.42 Å². The maximum Gasteiger partial charge on any atom is 0.411 e. The molecule has 11 heavy (non-hydrogen) atoms. The summed E-state index contributed by atoms with van der Waals surface area (Å²) in [5.74, 6) is 0. The van der Waals surface area contributed by atoms with Gasteiger partial charge in [0, 0.05) is 6.61 Å². The van der Waals surface area contributed by atoms with Gasteiger partial charge in [-0.15, -0.1) is 0 Å². The molecule has 0 spiro atoms. The molecule has 0 saturated carbocycles. The van der Waals surface area contributed by atoms with Gasteiger partial charge in [-0.05, 0) is 6.42 Å². The van der Waals surface area contributed by atoms with Crippen LogP contribution in [0.25, 0.3) is 0 Å². The van der Waals surface area contributed by atoms with Crippen molar-refractivity contribution in [2.45, 2.75) is 18.7 Å². The van der Waals surface area contributed by atoms with E-state index < -0.39 is 12.8 Å². The van der Waals surface area contributed by atoms with Crippen LogP contribution < -0.4 is 0 Å². The summed E-state index contributed by atoms with van der Waals surface area (Å²) in [5.41, 5.74) is 0. The molecule has 1 atom stereocenters. The van der Waals surface area contributed by atoms with Gasteiger partial charge in [0.05, 0.1) is 12.7 Å². The summed E-state index contributed by atoms with van der Waals surface area (Å²) in [6, 6.07) is 0. The van der Waals surface area contributed by atoms with Gasteiger partial charge in [0.2, 0.25) is 0 Å². The number of halogens is 3. The van der Waals surface area contributed by atoms with Crippen LogP contribution >= 0.6 is 0 Å². The van der Waals surface area contributed by atoms with Crippen molar-refractivity contribution >= 4 is 0 Å². The van der Waals surface area contributed by atoms with Gasteiger partial charge in [0.1, 0.15) is 6.61 Å². The first-order valence-corrected chi connectivity index (χ1v) is 3.34. The second kappa shape index (κ2) is 3.40. The maximum absolute atomic E-state index is 11.5. The van der Waals surface area contributed by atoms with Crippen LogP contribution in [-0.2, 0) is 9.47 Å². The summed E-state index contributed by atoms with van der Waals surface area (Å²) < 4.78 is 43.6. The van der Waals surface area contributed by atoms with Gasteiger partial charge in [-0.25, -0.2) is 0 Å². The molecular weight excluding hydrogens is 161 g/mol. The number of ether oxygens (including phenoxy) is 2. The lowest BCUT2D eigenvalue weighted by atomic mass is 10.2. The normalized spacial score (nSPS) is 24.8. The lowest BCUT2D eigenvalue weighted by molar-refractivity contribution is -0.189. The first kappa shape index (κ1) is 8.80. The molecule has 0 aliphatic carbocycles. The fraction of sp³-hybridized carbons (Fsp3) is 1.00. The van der Waals surface area contributed by atoms with Gasteiger partial charge in [-0.3, -0.25) is 0 Å². The van der Waals surface area contributed by atoms with Crippen LogP contribution in [0.4, 0.5) is 13.2 Å². The Kier molecular flexibility index (Phi) is 2.72. The second-order valence-corrected chi connectivity index (χ2v) is 2.41. The van der Waals surface area contributed by atoms with Gasteiger partial charge in [0.25, 0.3) is 0 Å². The molecule has 1 heterocycles. The molecule has 5 heteroatoms. The van der Waals surface area contributed by atoms with E-state index in [0.29, 0.717) is 6.61 Å². The summed E-state index contributed by atoms with van der Waals surface area (Å²) in [5, 5.41) is 0. The molecular formula is C6H9F3O2. The highest BCUT2D eigenvalue weighted by atomic mass is 19.4. The Bertz CT molecular complexity index is 119. The van der Waals surface area contributed by atoms with Gasteiger partial charge in [0.15, 0.2) is 0 Å². The van der Waals surface area contributed by atoms with Crippen molar-refractivity contribution in [2.75, 3.05) is 19.8 Å². The number of alkyl halides is 3. The first-order valence-electron chi connectivity index (χ1n) is 3.34. The lowest BCUT2D eigenvalue weighted by Gasteiger charge is -2.26. The molecule has 0 radical (unpaired) electrons. The highest BCUT2D eigenvalue weighted by Crippen LogP contribution is 2.16. The van der Waals surface area contributed by atoms with Crippen molar-refractivity contribution in [2.24, 2.45) is 0 Å². The molecule has 0 bridgehead atoms. The Labute approximate surface area is 62.3 Å². The summed E-state index contributed by atoms with van der Waals surface area (Å²) in [4.78, 5) is 0. The van der Waals surface area contributed by atoms with Crippen molar-refractivity contribution in [3.63, 3.8) is 0 Å². The molecule has 1 unspecified atom stereocenters. The molecule has 1 aliphatic rings. The molecule has 1 fully saturated rings. The smallest absolute Gasteiger partial charge is 0.376 e. The van der Waals surface area contributed by atoms with E-state index in [1.165, 1.54) is 0 Å². The van der Waals surface area contributed by atoms with Crippen molar-refractivity contribution in [3.05, 3.63) is 0 Å². The number of hydrogen-bond donors (Lipinski definition) is 0. The lowest BCUT2D eigenvalue weighted by Crippen LogP contribution is -2.33. The van der Waals surface area contributed by atoms with Crippen LogP contribution in [0.1, 0.15) is 6.42 Å².